The Morgan fingerprint density at radius 1 is 1.45 bits per heavy atom. The number of rotatable bonds is 4. The van der Waals surface area contributed by atoms with Crippen LogP contribution in [0.15, 0.2) is 10.3 Å². The number of amides is 1. The molecule has 2 radical (unpaired) electrons. The van der Waals surface area contributed by atoms with Crippen LogP contribution in [0.4, 0.5) is 0 Å². The van der Waals surface area contributed by atoms with Crippen LogP contribution in [-0.2, 0) is 28.7 Å². The number of hydrogen-bond donors (Lipinski definition) is 0. The third kappa shape index (κ3) is 3.15. The smallest absolute Gasteiger partial charge is 0.316 e. The summed E-state index contributed by atoms with van der Waals surface area (Å²) in [4.78, 5) is 45.5. The van der Waals surface area contributed by atoms with Crippen LogP contribution < -0.4 is 0 Å². The highest BCUT2D eigenvalue weighted by Gasteiger charge is 2.44. The van der Waals surface area contributed by atoms with E-state index in [0.29, 0.717) is 5.01 Å². The van der Waals surface area contributed by atoms with Crippen LogP contribution >= 0.6 is 0 Å². The fourth-order valence-corrected chi connectivity index (χ4v) is 1.75. The maximum absolute atomic E-state index is 11.9. The van der Waals surface area contributed by atoms with Crippen LogP contribution in [0.3, 0.4) is 0 Å². The lowest BCUT2D eigenvalue weighted by Crippen LogP contribution is -2.48. The summed E-state index contributed by atoms with van der Waals surface area (Å²) in [7, 11) is 0. The van der Waals surface area contributed by atoms with Gasteiger partial charge in [0.25, 0.3) is 11.6 Å². The minimum absolute atomic E-state index is 0.0506. The molecule has 2 rings (SSSR count). The molecule has 10 nitrogen and oxygen atoms in total. The van der Waals surface area contributed by atoms with Crippen molar-refractivity contribution in [3.63, 3.8) is 0 Å². The SMILES string of the molecule is CC(=O)OCC1[CH][CH]C(N2N=NC(C(=O)C#N)C(=O)C2=O)O1. The Morgan fingerprint density at radius 3 is 2.82 bits per heavy atom. The molecular weight excluding hydrogens is 296 g/mol. The molecular formula is C12H10N4O6. The highest BCUT2D eigenvalue weighted by molar-refractivity contribution is 6.43. The van der Waals surface area contributed by atoms with E-state index < -0.39 is 41.8 Å². The summed E-state index contributed by atoms with van der Waals surface area (Å²) in [5, 5.41) is 15.9. The van der Waals surface area contributed by atoms with E-state index in [1.165, 1.54) is 25.8 Å². The van der Waals surface area contributed by atoms with Gasteiger partial charge < -0.3 is 9.47 Å². The van der Waals surface area contributed by atoms with Crippen LogP contribution in [0.1, 0.15) is 6.92 Å². The summed E-state index contributed by atoms with van der Waals surface area (Å²) in [5.74, 6) is -3.90. The molecule has 2 aliphatic heterocycles. The minimum atomic E-state index is -1.73. The summed E-state index contributed by atoms with van der Waals surface area (Å²) in [6.07, 6.45) is 1.38. The quantitative estimate of drug-likeness (QED) is 0.278. The maximum Gasteiger partial charge on any atom is 0.316 e. The van der Waals surface area contributed by atoms with Crippen molar-refractivity contribution < 1.29 is 28.7 Å². The van der Waals surface area contributed by atoms with Crippen molar-refractivity contribution in [2.24, 2.45) is 10.3 Å². The van der Waals surface area contributed by atoms with Gasteiger partial charge in [0.2, 0.25) is 6.04 Å². The largest absolute Gasteiger partial charge is 0.463 e. The Bertz CT molecular complexity index is 595. The monoisotopic (exact) mass is 306 g/mol. The minimum Gasteiger partial charge on any atom is -0.463 e. The summed E-state index contributed by atoms with van der Waals surface area (Å²) in [5.41, 5.74) is 0. The highest BCUT2D eigenvalue weighted by atomic mass is 16.6. The molecule has 1 saturated heterocycles. The lowest BCUT2D eigenvalue weighted by Gasteiger charge is -2.25. The second-order valence-corrected chi connectivity index (χ2v) is 4.35. The third-order valence-electron chi connectivity index (χ3n) is 2.79. The molecule has 10 heteroatoms. The standard InChI is InChI=1S/C12H10N4O6/c1-6(17)21-5-7-2-3-9(22-7)16-12(20)11(19)10(14-15-16)8(18)4-13/h2-3,7,9-10H,5H2,1H3. The van der Waals surface area contributed by atoms with Crippen molar-refractivity contribution in [3.8, 4) is 6.07 Å². The fourth-order valence-electron chi connectivity index (χ4n) is 1.75. The number of hydrogen-bond acceptors (Lipinski definition) is 9. The summed E-state index contributed by atoms with van der Waals surface area (Å²) >= 11 is 0. The van der Waals surface area contributed by atoms with Gasteiger partial charge in [-0.2, -0.15) is 10.3 Å². The Morgan fingerprint density at radius 2 is 2.18 bits per heavy atom. The van der Waals surface area contributed by atoms with Crippen LogP contribution in [0.2, 0.25) is 0 Å². The van der Waals surface area contributed by atoms with Gasteiger partial charge >= 0.3 is 11.9 Å². The molecule has 0 aromatic carbocycles. The molecule has 22 heavy (non-hydrogen) atoms. The van der Waals surface area contributed by atoms with E-state index in [2.05, 4.69) is 10.3 Å². The molecule has 3 atom stereocenters. The number of esters is 1. The number of nitrogens with zero attached hydrogens (tertiary/aromatic N) is 4. The number of nitriles is 1. The summed E-state index contributed by atoms with van der Waals surface area (Å²) in [6.45, 7) is 1.19. The van der Waals surface area contributed by atoms with Gasteiger partial charge in [-0.05, 0) is 0 Å². The Hall–Kier alpha value is -2.67. The van der Waals surface area contributed by atoms with Crippen LogP contribution in [-0.4, -0.2) is 53.4 Å². The van der Waals surface area contributed by atoms with E-state index in [1.54, 1.807) is 0 Å². The lowest BCUT2D eigenvalue weighted by molar-refractivity contribution is -0.160. The molecule has 3 unspecified atom stereocenters. The average molecular weight is 306 g/mol. The molecule has 2 heterocycles. The van der Waals surface area contributed by atoms with Crippen molar-refractivity contribution in [1.82, 2.24) is 5.01 Å². The van der Waals surface area contributed by atoms with Crippen LogP contribution in [0, 0.1) is 24.2 Å². The molecule has 0 aromatic rings. The van der Waals surface area contributed by atoms with Gasteiger partial charge in [0.1, 0.15) is 12.7 Å². The zero-order valence-corrected chi connectivity index (χ0v) is 11.3. The average Bonchev–Trinajstić information content (AvgIpc) is 2.95. The summed E-state index contributed by atoms with van der Waals surface area (Å²) in [6, 6.07) is -0.500. The maximum atomic E-state index is 11.9. The van der Waals surface area contributed by atoms with Crippen LogP contribution in [0.5, 0.6) is 0 Å². The third-order valence-corrected chi connectivity index (χ3v) is 2.79. The van der Waals surface area contributed by atoms with Crippen molar-refractivity contribution in [3.05, 3.63) is 12.8 Å². The highest BCUT2D eigenvalue weighted by Crippen LogP contribution is 2.24. The molecule has 2 aliphatic rings. The zero-order chi connectivity index (χ0) is 16.3. The number of ether oxygens (including phenoxy) is 2. The first-order chi connectivity index (χ1) is 10.4. The van der Waals surface area contributed by atoms with Gasteiger partial charge in [0.15, 0.2) is 6.23 Å². The molecule has 0 saturated carbocycles. The van der Waals surface area contributed by atoms with Crippen molar-refractivity contribution >= 4 is 23.4 Å². The zero-order valence-electron chi connectivity index (χ0n) is 11.3. The summed E-state index contributed by atoms with van der Waals surface area (Å²) < 4.78 is 10.1. The van der Waals surface area contributed by atoms with Crippen molar-refractivity contribution in [2.75, 3.05) is 6.61 Å². The Balaban J connectivity index is 2.01. The van der Waals surface area contributed by atoms with Gasteiger partial charge in [-0.25, -0.2) is 0 Å². The first-order valence-electron chi connectivity index (χ1n) is 6.13. The number of carbonyl (C=O) groups excluding carboxylic acids is 4. The first kappa shape index (κ1) is 15.7. The molecule has 114 valence electrons. The van der Waals surface area contributed by atoms with Gasteiger partial charge in [-0.15, -0.1) is 5.11 Å². The Labute approximate surface area is 124 Å². The predicted octanol–water partition coefficient (Wildman–Crippen LogP) is -1.08. The van der Waals surface area contributed by atoms with Gasteiger partial charge in [0.05, 0.1) is 6.10 Å². The first-order valence-corrected chi connectivity index (χ1v) is 6.13. The number of ketones is 2. The predicted molar refractivity (Wildman–Crippen MR) is 65.0 cm³/mol. The molecule has 0 spiro atoms. The molecule has 1 fully saturated rings. The van der Waals surface area contributed by atoms with Crippen molar-refractivity contribution in [1.29, 1.82) is 5.26 Å². The second-order valence-electron chi connectivity index (χ2n) is 4.35. The van der Waals surface area contributed by atoms with E-state index in [1.807, 2.05) is 0 Å². The normalized spacial score (nSPS) is 27.6. The molecule has 0 aromatic heterocycles. The van der Waals surface area contributed by atoms with Gasteiger partial charge in [0, 0.05) is 19.8 Å². The lowest BCUT2D eigenvalue weighted by atomic mass is 10.1. The van der Waals surface area contributed by atoms with E-state index >= 15 is 0 Å². The van der Waals surface area contributed by atoms with E-state index in [-0.39, 0.29) is 6.61 Å². The van der Waals surface area contributed by atoms with Crippen molar-refractivity contribution in [2.45, 2.75) is 25.3 Å². The second kappa shape index (κ2) is 6.40. The molecule has 0 N–H and O–H groups in total. The number of Topliss-reactive ketones (excluding diaryl/α,β-unsaturated/α-hetero) is 2. The van der Waals surface area contributed by atoms with Gasteiger partial charge in [-0.3, -0.25) is 19.2 Å². The molecule has 0 aliphatic carbocycles. The van der Waals surface area contributed by atoms with E-state index in [0.717, 1.165) is 0 Å². The van der Waals surface area contributed by atoms with Gasteiger partial charge in [-0.1, -0.05) is 5.22 Å². The van der Waals surface area contributed by atoms with E-state index in [4.69, 9.17) is 14.7 Å². The number of carbonyl (C=O) groups is 4. The molecule has 0 bridgehead atoms. The van der Waals surface area contributed by atoms with Crippen LogP contribution in [0.25, 0.3) is 0 Å². The fraction of sp³-hybridized carbons (Fsp3) is 0.417. The molecule has 1 amide bonds. The topological polar surface area (TPSA) is 138 Å². The van der Waals surface area contributed by atoms with E-state index in [9.17, 15) is 19.2 Å². The Kier molecular flexibility index (Phi) is 4.57.